The predicted octanol–water partition coefficient (Wildman–Crippen LogP) is 2.63. The van der Waals surface area contributed by atoms with Gasteiger partial charge in [0.05, 0.1) is 18.4 Å². The number of aromatic nitrogens is 1. The number of piperidine rings is 1. The normalized spacial score (nSPS) is 16.0. The second-order valence-corrected chi connectivity index (χ2v) is 8.28. The number of nitrogens with one attached hydrogen (secondary N) is 2. The minimum Gasteiger partial charge on any atom is -0.496 e. The van der Waals surface area contributed by atoms with E-state index in [4.69, 9.17) is 4.74 Å². The summed E-state index contributed by atoms with van der Waals surface area (Å²) in [7, 11) is 1.53. The van der Waals surface area contributed by atoms with E-state index in [0.29, 0.717) is 11.3 Å². The van der Waals surface area contributed by atoms with Crippen LogP contribution in [0.4, 0.5) is 0 Å². The van der Waals surface area contributed by atoms with Crippen LogP contribution in [0.15, 0.2) is 48.7 Å². The topological polar surface area (TPSA) is 83.6 Å². The quantitative estimate of drug-likeness (QED) is 0.681. The summed E-state index contributed by atoms with van der Waals surface area (Å²) in [5.41, 5.74) is 1.48. The van der Waals surface area contributed by atoms with E-state index in [0.717, 1.165) is 38.2 Å². The smallest absolute Gasteiger partial charge is 0.255 e. The molecule has 7 nitrogen and oxygen atoms in total. The number of pyridine rings is 1. The van der Waals surface area contributed by atoms with Crippen LogP contribution in [0.25, 0.3) is 0 Å². The Balaban J connectivity index is 1.53. The number of methoxy groups -OCH3 is 1. The van der Waals surface area contributed by atoms with Crippen LogP contribution in [0, 0.1) is 5.92 Å². The van der Waals surface area contributed by atoms with Crippen molar-refractivity contribution < 1.29 is 14.3 Å². The second kappa shape index (κ2) is 10.9. The van der Waals surface area contributed by atoms with Crippen molar-refractivity contribution in [1.29, 1.82) is 0 Å². The van der Waals surface area contributed by atoms with E-state index in [9.17, 15) is 9.59 Å². The maximum atomic E-state index is 13.0. The van der Waals surface area contributed by atoms with Gasteiger partial charge in [0.1, 0.15) is 11.8 Å². The molecule has 0 bridgehead atoms. The number of likely N-dealkylation sites (tertiary alicyclic amines) is 1. The zero-order valence-electron chi connectivity index (χ0n) is 18.5. The van der Waals surface area contributed by atoms with E-state index >= 15 is 0 Å². The molecule has 1 aromatic carbocycles. The van der Waals surface area contributed by atoms with E-state index in [-0.39, 0.29) is 23.8 Å². The number of nitrogens with zero attached hydrogens (tertiary/aromatic N) is 2. The summed E-state index contributed by atoms with van der Waals surface area (Å²) in [6.07, 6.45) is 3.57. The SMILES string of the molecule is COc1ccccc1C(=O)NC(C(=O)NC1CCN(Cc2ccccn2)CC1)C(C)C. The lowest BCUT2D eigenvalue weighted by molar-refractivity contribution is -0.125. The summed E-state index contributed by atoms with van der Waals surface area (Å²) in [5.74, 6) is 0.00370. The molecular weight excluding hydrogens is 392 g/mol. The molecule has 2 heterocycles. The Bertz CT molecular complexity index is 864. The molecule has 3 rings (SSSR count). The Morgan fingerprint density at radius 3 is 2.48 bits per heavy atom. The Labute approximate surface area is 184 Å². The molecule has 7 heteroatoms. The summed E-state index contributed by atoms with van der Waals surface area (Å²) >= 11 is 0. The van der Waals surface area contributed by atoms with Crippen LogP contribution in [0.5, 0.6) is 5.75 Å². The highest BCUT2D eigenvalue weighted by molar-refractivity contribution is 5.99. The first-order chi connectivity index (χ1) is 15.0. The number of amides is 2. The Morgan fingerprint density at radius 2 is 1.84 bits per heavy atom. The van der Waals surface area contributed by atoms with Crippen LogP contribution in [0.1, 0.15) is 42.7 Å². The molecule has 2 N–H and O–H groups in total. The summed E-state index contributed by atoms with van der Waals surface area (Å²) in [5, 5.41) is 6.03. The number of carbonyl (C=O) groups excluding carboxylic acids is 2. The van der Waals surface area contributed by atoms with Crippen LogP contribution < -0.4 is 15.4 Å². The molecule has 166 valence electrons. The van der Waals surface area contributed by atoms with E-state index in [2.05, 4.69) is 20.5 Å². The largest absolute Gasteiger partial charge is 0.496 e. The van der Waals surface area contributed by atoms with Crippen molar-refractivity contribution in [2.24, 2.45) is 5.92 Å². The van der Waals surface area contributed by atoms with Crippen molar-refractivity contribution in [3.05, 3.63) is 59.9 Å². The number of rotatable bonds is 8. The molecule has 2 aromatic rings. The Kier molecular flexibility index (Phi) is 8.00. The van der Waals surface area contributed by atoms with Gasteiger partial charge >= 0.3 is 0 Å². The van der Waals surface area contributed by atoms with Crippen LogP contribution in [-0.2, 0) is 11.3 Å². The van der Waals surface area contributed by atoms with E-state index < -0.39 is 6.04 Å². The predicted molar refractivity (Wildman–Crippen MR) is 120 cm³/mol. The first-order valence-electron chi connectivity index (χ1n) is 10.8. The van der Waals surface area contributed by atoms with Gasteiger partial charge in [-0.3, -0.25) is 19.5 Å². The van der Waals surface area contributed by atoms with Gasteiger partial charge in [-0.2, -0.15) is 0 Å². The fourth-order valence-corrected chi connectivity index (χ4v) is 3.83. The van der Waals surface area contributed by atoms with Gasteiger partial charge in [0.2, 0.25) is 5.91 Å². The maximum absolute atomic E-state index is 13.0. The van der Waals surface area contributed by atoms with Crippen LogP contribution in [-0.4, -0.2) is 54.0 Å². The van der Waals surface area contributed by atoms with Crippen molar-refractivity contribution in [3.8, 4) is 5.75 Å². The number of hydrogen-bond acceptors (Lipinski definition) is 5. The number of ether oxygens (including phenoxy) is 1. The van der Waals surface area contributed by atoms with Gasteiger partial charge < -0.3 is 15.4 Å². The lowest BCUT2D eigenvalue weighted by Crippen LogP contribution is -2.54. The van der Waals surface area contributed by atoms with Gasteiger partial charge in [-0.15, -0.1) is 0 Å². The average Bonchev–Trinajstić information content (AvgIpc) is 2.79. The maximum Gasteiger partial charge on any atom is 0.255 e. The molecule has 31 heavy (non-hydrogen) atoms. The molecule has 1 aliphatic heterocycles. The summed E-state index contributed by atoms with van der Waals surface area (Å²) in [6, 6.07) is 12.5. The first kappa shape index (κ1) is 22.7. The molecule has 0 saturated carbocycles. The Morgan fingerprint density at radius 1 is 1.13 bits per heavy atom. The first-order valence-corrected chi connectivity index (χ1v) is 10.8. The lowest BCUT2D eigenvalue weighted by Gasteiger charge is -2.33. The van der Waals surface area contributed by atoms with Crippen molar-refractivity contribution in [3.63, 3.8) is 0 Å². The van der Waals surface area contributed by atoms with Crippen molar-refractivity contribution >= 4 is 11.8 Å². The molecule has 0 spiro atoms. The molecule has 1 atom stereocenters. The zero-order chi connectivity index (χ0) is 22.2. The molecule has 1 aliphatic rings. The monoisotopic (exact) mass is 424 g/mol. The van der Waals surface area contributed by atoms with Crippen molar-refractivity contribution in [1.82, 2.24) is 20.5 Å². The number of benzene rings is 1. The molecular formula is C24H32N4O3. The fourth-order valence-electron chi connectivity index (χ4n) is 3.83. The third-order valence-corrected chi connectivity index (χ3v) is 5.63. The number of hydrogen-bond donors (Lipinski definition) is 2. The summed E-state index contributed by atoms with van der Waals surface area (Å²) in [4.78, 5) is 32.5. The van der Waals surface area contributed by atoms with Gasteiger partial charge in [0, 0.05) is 31.9 Å². The molecule has 0 radical (unpaired) electrons. The van der Waals surface area contributed by atoms with Gasteiger partial charge in [-0.1, -0.05) is 32.0 Å². The van der Waals surface area contributed by atoms with Crippen LogP contribution in [0.3, 0.4) is 0 Å². The average molecular weight is 425 g/mol. The number of carbonyl (C=O) groups is 2. The minimum absolute atomic E-state index is 0.0390. The van der Waals surface area contributed by atoms with Gasteiger partial charge in [0.25, 0.3) is 5.91 Å². The highest BCUT2D eigenvalue weighted by atomic mass is 16.5. The minimum atomic E-state index is -0.607. The van der Waals surface area contributed by atoms with Gasteiger partial charge in [-0.05, 0) is 43.0 Å². The number of para-hydroxylation sites is 1. The van der Waals surface area contributed by atoms with Gasteiger partial charge in [-0.25, -0.2) is 0 Å². The molecule has 1 saturated heterocycles. The summed E-state index contributed by atoms with van der Waals surface area (Å²) in [6.45, 7) is 6.50. The third-order valence-electron chi connectivity index (χ3n) is 5.63. The molecule has 1 unspecified atom stereocenters. The molecule has 2 amide bonds. The van der Waals surface area contributed by atoms with Crippen LogP contribution in [0.2, 0.25) is 0 Å². The highest BCUT2D eigenvalue weighted by Crippen LogP contribution is 2.18. The van der Waals surface area contributed by atoms with E-state index in [1.165, 1.54) is 7.11 Å². The fraction of sp³-hybridized carbons (Fsp3) is 0.458. The molecule has 0 aliphatic carbocycles. The summed E-state index contributed by atoms with van der Waals surface area (Å²) < 4.78 is 5.27. The lowest BCUT2D eigenvalue weighted by atomic mass is 10.00. The van der Waals surface area contributed by atoms with Crippen molar-refractivity contribution in [2.45, 2.75) is 45.3 Å². The highest BCUT2D eigenvalue weighted by Gasteiger charge is 2.29. The standard InChI is InChI=1S/C24H32N4O3/c1-17(2)22(27-23(29)20-9-4-5-10-21(20)31-3)24(30)26-18-11-14-28(15-12-18)16-19-8-6-7-13-25-19/h4-10,13,17-18,22H,11-12,14-16H2,1-3H3,(H,26,30)(H,27,29). The molecule has 1 fully saturated rings. The third kappa shape index (κ3) is 6.28. The van der Waals surface area contributed by atoms with E-state index in [1.807, 2.05) is 44.3 Å². The zero-order valence-corrected chi connectivity index (χ0v) is 18.5. The molecule has 1 aromatic heterocycles. The van der Waals surface area contributed by atoms with E-state index in [1.54, 1.807) is 18.2 Å². The second-order valence-electron chi connectivity index (χ2n) is 8.28. The Hall–Kier alpha value is -2.93. The van der Waals surface area contributed by atoms with Crippen LogP contribution >= 0.6 is 0 Å². The van der Waals surface area contributed by atoms with Gasteiger partial charge in [0.15, 0.2) is 0 Å². The van der Waals surface area contributed by atoms with Crippen molar-refractivity contribution in [2.75, 3.05) is 20.2 Å².